The molecule has 2 aromatic carbocycles. The standard InChI is InChI=1S/C25H25NO5/c1-6-26-13-16(19-11-17(29-5)7-8-20(19)26)10-22-24(27)23-15(4)9-18(12-21(23)31-22)30-25(28)14(2)3/h7-14H,6H2,1-5H3/b22-10-. The smallest absolute Gasteiger partial charge is 0.313 e. The van der Waals surface area contributed by atoms with E-state index in [1.807, 2.05) is 31.3 Å². The summed E-state index contributed by atoms with van der Waals surface area (Å²) < 4.78 is 18.8. The van der Waals surface area contributed by atoms with Crippen LogP contribution in [0.3, 0.4) is 0 Å². The monoisotopic (exact) mass is 419 g/mol. The normalized spacial score (nSPS) is 14.3. The summed E-state index contributed by atoms with van der Waals surface area (Å²) in [5.41, 5.74) is 3.12. The maximum absolute atomic E-state index is 13.1. The van der Waals surface area contributed by atoms with Gasteiger partial charge in [0.15, 0.2) is 5.76 Å². The van der Waals surface area contributed by atoms with Crippen molar-refractivity contribution in [1.29, 1.82) is 0 Å². The van der Waals surface area contributed by atoms with E-state index < -0.39 is 0 Å². The molecule has 0 unspecified atom stereocenters. The molecular weight excluding hydrogens is 394 g/mol. The van der Waals surface area contributed by atoms with Gasteiger partial charge in [-0.15, -0.1) is 0 Å². The summed E-state index contributed by atoms with van der Waals surface area (Å²) >= 11 is 0. The lowest BCUT2D eigenvalue weighted by atomic mass is 10.0. The van der Waals surface area contributed by atoms with Gasteiger partial charge in [-0.05, 0) is 49.8 Å². The van der Waals surface area contributed by atoms with Crippen molar-refractivity contribution < 1.29 is 23.8 Å². The van der Waals surface area contributed by atoms with Crippen molar-refractivity contribution in [3.8, 4) is 17.2 Å². The Morgan fingerprint density at radius 2 is 1.97 bits per heavy atom. The van der Waals surface area contributed by atoms with Crippen LogP contribution in [0.5, 0.6) is 17.2 Å². The van der Waals surface area contributed by atoms with Gasteiger partial charge in [-0.1, -0.05) is 13.8 Å². The quantitative estimate of drug-likeness (QED) is 0.325. The van der Waals surface area contributed by atoms with Gasteiger partial charge in [-0.25, -0.2) is 0 Å². The second kappa shape index (κ2) is 7.95. The van der Waals surface area contributed by atoms with Crippen molar-refractivity contribution >= 4 is 28.7 Å². The summed E-state index contributed by atoms with van der Waals surface area (Å²) in [7, 11) is 1.63. The van der Waals surface area contributed by atoms with E-state index in [4.69, 9.17) is 14.2 Å². The topological polar surface area (TPSA) is 66.8 Å². The van der Waals surface area contributed by atoms with E-state index in [0.717, 1.165) is 28.8 Å². The fourth-order valence-electron chi connectivity index (χ4n) is 3.72. The number of methoxy groups -OCH3 is 1. The Labute approximate surface area is 181 Å². The van der Waals surface area contributed by atoms with Crippen molar-refractivity contribution in [3.05, 3.63) is 59.0 Å². The third-order valence-corrected chi connectivity index (χ3v) is 5.38. The van der Waals surface area contributed by atoms with E-state index in [1.54, 1.807) is 39.2 Å². The summed E-state index contributed by atoms with van der Waals surface area (Å²) in [6.45, 7) is 8.21. The summed E-state index contributed by atoms with van der Waals surface area (Å²) in [5.74, 6) is 0.990. The van der Waals surface area contributed by atoms with Crippen LogP contribution in [-0.4, -0.2) is 23.4 Å². The predicted molar refractivity (Wildman–Crippen MR) is 119 cm³/mol. The van der Waals surface area contributed by atoms with Crippen LogP contribution in [0.15, 0.2) is 42.3 Å². The lowest BCUT2D eigenvalue weighted by Crippen LogP contribution is -2.14. The van der Waals surface area contributed by atoms with Crippen molar-refractivity contribution in [3.63, 3.8) is 0 Å². The molecule has 0 fully saturated rings. The second-order valence-electron chi connectivity index (χ2n) is 7.88. The highest BCUT2D eigenvalue weighted by Crippen LogP contribution is 2.38. The maximum atomic E-state index is 13.1. The summed E-state index contributed by atoms with van der Waals surface area (Å²) in [6, 6.07) is 9.17. The molecule has 3 aromatic rings. The molecule has 0 spiro atoms. The molecular formula is C25H25NO5. The molecule has 0 N–H and O–H groups in total. The lowest BCUT2D eigenvalue weighted by molar-refractivity contribution is -0.137. The zero-order chi connectivity index (χ0) is 22.3. The Morgan fingerprint density at radius 1 is 1.19 bits per heavy atom. The fourth-order valence-corrected chi connectivity index (χ4v) is 3.72. The number of hydrogen-bond acceptors (Lipinski definition) is 5. The molecule has 2 heterocycles. The molecule has 0 saturated carbocycles. The average Bonchev–Trinajstić information content (AvgIpc) is 3.25. The van der Waals surface area contributed by atoms with Crippen LogP contribution in [0.4, 0.5) is 0 Å². The van der Waals surface area contributed by atoms with E-state index in [1.165, 1.54) is 0 Å². The summed E-state index contributed by atoms with van der Waals surface area (Å²) in [6.07, 6.45) is 3.76. The van der Waals surface area contributed by atoms with Crippen LogP contribution in [0.1, 0.15) is 42.3 Å². The van der Waals surface area contributed by atoms with Crippen LogP contribution in [0.25, 0.3) is 17.0 Å². The first-order valence-electron chi connectivity index (χ1n) is 10.3. The predicted octanol–water partition coefficient (Wildman–Crippen LogP) is 5.16. The van der Waals surface area contributed by atoms with Crippen molar-refractivity contribution in [2.75, 3.05) is 7.11 Å². The largest absolute Gasteiger partial charge is 0.497 e. The summed E-state index contributed by atoms with van der Waals surface area (Å²) in [4.78, 5) is 25.0. The number of benzene rings is 2. The molecule has 31 heavy (non-hydrogen) atoms. The van der Waals surface area contributed by atoms with E-state index >= 15 is 0 Å². The van der Waals surface area contributed by atoms with Crippen molar-refractivity contribution in [2.45, 2.75) is 34.2 Å². The van der Waals surface area contributed by atoms with Gasteiger partial charge in [0.2, 0.25) is 5.78 Å². The van der Waals surface area contributed by atoms with Gasteiger partial charge in [0, 0.05) is 35.3 Å². The number of rotatable bonds is 5. The molecule has 6 nitrogen and oxygen atoms in total. The maximum Gasteiger partial charge on any atom is 0.313 e. The number of carbonyl (C=O) groups is 2. The molecule has 0 atom stereocenters. The number of fused-ring (bicyclic) bond motifs is 2. The van der Waals surface area contributed by atoms with Crippen LogP contribution >= 0.6 is 0 Å². The zero-order valence-corrected chi connectivity index (χ0v) is 18.3. The molecule has 4 rings (SSSR count). The molecule has 160 valence electrons. The molecule has 0 aliphatic carbocycles. The Morgan fingerprint density at radius 3 is 2.65 bits per heavy atom. The number of ether oxygens (including phenoxy) is 3. The fraction of sp³-hybridized carbons (Fsp3) is 0.280. The molecule has 1 aliphatic heterocycles. The van der Waals surface area contributed by atoms with E-state index in [2.05, 4.69) is 11.5 Å². The van der Waals surface area contributed by atoms with E-state index in [0.29, 0.717) is 22.6 Å². The van der Waals surface area contributed by atoms with Crippen LogP contribution in [0, 0.1) is 12.8 Å². The minimum absolute atomic E-state index is 0.186. The highest BCUT2D eigenvalue weighted by Gasteiger charge is 2.30. The number of allylic oxidation sites excluding steroid dienone is 1. The number of nitrogens with zero attached hydrogens (tertiary/aromatic N) is 1. The van der Waals surface area contributed by atoms with E-state index in [9.17, 15) is 9.59 Å². The molecule has 0 saturated heterocycles. The molecule has 6 heteroatoms. The third kappa shape index (κ3) is 3.69. The average molecular weight is 419 g/mol. The van der Waals surface area contributed by atoms with Gasteiger partial charge in [0.1, 0.15) is 17.2 Å². The van der Waals surface area contributed by atoms with Crippen LogP contribution < -0.4 is 14.2 Å². The number of Topliss-reactive ketones (excluding diaryl/α,β-unsaturated/α-hetero) is 1. The first-order chi connectivity index (χ1) is 14.8. The minimum atomic E-state index is -0.333. The van der Waals surface area contributed by atoms with Gasteiger partial charge in [0.05, 0.1) is 18.6 Å². The minimum Gasteiger partial charge on any atom is -0.497 e. The van der Waals surface area contributed by atoms with Gasteiger partial charge in [-0.2, -0.15) is 0 Å². The first kappa shape index (κ1) is 20.7. The van der Waals surface area contributed by atoms with Crippen LogP contribution in [0.2, 0.25) is 0 Å². The number of aryl methyl sites for hydroxylation is 2. The lowest BCUT2D eigenvalue weighted by Gasteiger charge is -2.09. The molecule has 1 aliphatic rings. The molecule has 1 aromatic heterocycles. The molecule has 0 bridgehead atoms. The van der Waals surface area contributed by atoms with Gasteiger partial charge >= 0.3 is 5.97 Å². The third-order valence-electron chi connectivity index (χ3n) is 5.38. The Hall–Kier alpha value is -3.54. The van der Waals surface area contributed by atoms with E-state index in [-0.39, 0.29) is 23.4 Å². The van der Waals surface area contributed by atoms with Gasteiger partial charge < -0.3 is 18.8 Å². The number of aromatic nitrogens is 1. The number of esters is 1. The number of hydrogen-bond donors (Lipinski definition) is 0. The highest BCUT2D eigenvalue weighted by atomic mass is 16.5. The SMILES string of the molecule is CCn1cc(/C=C2\Oc3cc(OC(=O)C(C)C)cc(C)c3C2=O)c2cc(OC)ccc21. The number of ketones is 1. The Kier molecular flexibility index (Phi) is 5.31. The number of carbonyl (C=O) groups excluding carboxylic acids is 2. The Balaban J connectivity index is 1.74. The second-order valence-corrected chi connectivity index (χ2v) is 7.88. The zero-order valence-electron chi connectivity index (χ0n) is 18.3. The first-order valence-corrected chi connectivity index (χ1v) is 10.3. The Bertz CT molecular complexity index is 1230. The van der Waals surface area contributed by atoms with Crippen molar-refractivity contribution in [1.82, 2.24) is 4.57 Å². The van der Waals surface area contributed by atoms with Gasteiger partial charge in [-0.3, -0.25) is 9.59 Å². The molecule has 0 radical (unpaired) electrons. The van der Waals surface area contributed by atoms with Crippen molar-refractivity contribution in [2.24, 2.45) is 5.92 Å². The van der Waals surface area contributed by atoms with Gasteiger partial charge in [0.25, 0.3) is 0 Å². The molecule has 0 amide bonds. The summed E-state index contributed by atoms with van der Waals surface area (Å²) in [5, 5.41) is 0.976. The highest BCUT2D eigenvalue weighted by molar-refractivity contribution is 6.16. The van der Waals surface area contributed by atoms with Crippen LogP contribution in [-0.2, 0) is 11.3 Å².